The van der Waals surface area contributed by atoms with Crippen molar-refractivity contribution in [3.05, 3.63) is 42.5 Å². The average Bonchev–Trinajstić information content (AvgIpc) is 2.49. The number of hydrogen-bond acceptors (Lipinski definition) is 3. The summed E-state index contributed by atoms with van der Waals surface area (Å²) in [6, 6.07) is 8.08. The van der Waals surface area contributed by atoms with Crippen molar-refractivity contribution in [2.45, 2.75) is 26.3 Å². The second kappa shape index (κ2) is 9.15. The summed E-state index contributed by atoms with van der Waals surface area (Å²) in [6.07, 6.45) is 2.61. The highest BCUT2D eigenvalue weighted by Gasteiger charge is 2.13. The highest BCUT2D eigenvalue weighted by molar-refractivity contribution is 5.77. The highest BCUT2D eigenvalue weighted by Crippen LogP contribution is 2.26. The van der Waals surface area contributed by atoms with Crippen LogP contribution < -0.4 is 15.4 Å². The van der Waals surface area contributed by atoms with Gasteiger partial charge in [0.05, 0.1) is 0 Å². The standard InChI is InChI=1S/C16H24N2O2/c1-4-11-18-16(19)12-20-15-10-8-7-9-13(15)14(5-2)17-6-3/h4,7-10,14,17H,1,5-6,11-12H2,2-3H3,(H,18,19). The fourth-order valence-electron chi connectivity index (χ4n) is 2.00. The van der Waals surface area contributed by atoms with E-state index in [0.717, 1.165) is 24.3 Å². The molecule has 1 rings (SSSR count). The van der Waals surface area contributed by atoms with Gasteiger partial charge in [-0.05, 0) is 19.0 Å². The molecule has 0 aliphatic carbocycles. The fraction of sp³-hybridized carbons (Fsp3) is 0.438. The van der Waals surface area contributed by atoms with Gasteiger partial charge < -0.3 is 15.4 Å². The van der Waals surface area contributed by atoms with E-state index in [1.165, 1.54) is 0 Å². The zero-order valence-electron chi connectivity index (χ0n) is 12.3. The zero-order chi connectivity index (χ0) is 14.8. The van der Waals surface area contributed by atoms with Gasteiger partial charge in [0.2, 0.25) is 0 Å². The Morgan fingerprint density at radius 3 is 2.80 bits per heavy atom. The quantitative estimate of drug-likeness (QED) is 0.681. The van der Waals surface area contributed by atoms with E-state index in [-0.39, 0.29) is 18.6 Å². The second-order valence-electron chi connectivity index (χ2n) is 4.44. The molecule has 0 bridgehead atoms. The molecule has 0 aromatic heterocycles. The van der Waals surface area contributed by atoms with Crippen molar-refractivity contribution in [3.8, 4) is 5.75 Å². The maximum absolute atomic E-state index is 11.6. The fourth-order valence-corrected chi connectivity index (χ4v) is 2.00. The lowest BCUT2D eigenvalue weighted by Crippen LogP contribution is -2.29. The Balaban J connectivity index is 2.69. The number of hydrogen-bond donors (Lipinski definition) is 2. The predicted octanol–water partition coefficient (Wildman–Crippen LogP) is 2.43. The van der Waals surface area contributed by atoms with E-state index in [2.05, 4.69) is 31.1 Å². The Morgan fingerprint density at radius 1 is 1.40 bits per heavy atom. The first-order valence-corrected chi connectivity index (χ1v) is 7.05. The summed E-state index contributed by atoms with van der Waals surface area (Å²) < 4.78 is 5.64. The third-order valence-electron chi connectivity index (χ3n) is 2.96. The molecule has 1 aromatic carbocycles. The molecule has 0 fully saturated rings. The summed E-state index contributed by atoms with van der Waals surface area (Å²) >= 11 is 0. The van der Waals surface area contributed by atoms with E-state index in [1.807, 2.05) is 24.3 Å². The molecule has 0 heterocycles. The van der Waals surface area contributed by atoms with Crippen LogP contribution in [0.25, 0.3) is 0 Å². The lowest BCUT2D eigenvalue weighted by atomic mass is 10.0. The minimum absolute atomic E-state index is 0.0212. The van der Waals surface area contributed by atoms with Crippen molar-refractivity contribution in [1.29, 1.82) is 0 Å². The number of carbonyl (C=O) groups excluding carboxylic acids is 1. The maximum atomic E-state index is 11.6. The van der Waals surface area contributed by atoms with E-state index >= 15 is 0 Å². The van der Waals surface area contributed by atoms with E-state index in [0.29, 0.717) is 6.54 Å². The van der Waals surface area contributed by atoms with Crippen molar-refractivity contribution in [2.24, 2.45) is 0 Å². The van der Waals surface area contributed by atoms with Crippen molar-refractivity contribution >= 4 is 5.91 Å². The molecule has 0 saturated heterocycles. The molecule has 4 heteroatoms. The van der Waals surface area contributed by atoms with Crippen LogP contribution in [0.1, 0.15) is 31.9 Å². The van der Waals surface area contributed by atoms with Crippen LogP contribution >= 0.6 is 0 Å². The van der Waals surface area contributed by atoms with Gasteiger partial charge in [0.1, 0.15) is 5.75 Å². The summed E-state index contributed by atoms with van der Waals surface area (Å²) in [5.74, 6) is 0.616. The number of amides is 1. The predicted molar refractivity (Wildman–Crippen MR) is 81.9 cm³/mol. The summed E-state index contributed by atoms with van der Waals surface area (Å²) in [5, 5.41) is 6.11. The molecule has 4 nitrogen and oxygen atoms in total. The van der Waals surface area contributed by atoms with Crippen molar-refractivity contribution in [3.63, 3.8) is 0 Å². The molecule has 2 N–H and O–H groups in total. The van der Waals surface area contributed by atoms with E-state index in [4.69, 9.17) is 4.74 Å². The van der Waals surface area contributed by atoms with E-state index in [9.17, 15) is 4.79 Å². The Hall–Kier alpha value is -1.81. The summed E-state index contributed by atoms with van der Waals surface area (Å²) in [4.78, 5) is 11.6. The van der Waals surface area contributed by atoms with Gasteiger partial charge in [-0.2, -0.15) is 0 Å². The van der Waals surface area contributed by atoms with Crippen LogP contribution in [0, 0.1) is 0 Å². The average molecular weight is 276 g/mol. The van der Waals surface area contributed by atoms with Crippen molar-refractivity contribution in [1.82, 2.24) is 10.6 Å². The lowest BCUT2D eigenvalue weighted by molar-refractivity contribution is -0.122. The van der Waals surface area contributed by atoms with Crippen molar-refractivity contribution in [2.75, 3.05) is 19.7 Å². The molecular formula is C16H24N2O2. The molecule has 1 unspecified atom stereocenters. The van der Waals surface area contributed by atoms with Crippen LogP contribution in [0.3, 0.4) is 0 Å². The van der Waals surface area contributed by atoms with Gasteiger partial charge in [0.25, 0.3) is 5.91 Å². The van der Waals surface area contributed by atoms with Gasteiger partial charge in [-0.15, -0.1) is 6.58 Å². The first-order chi connectivity index (χ1) is 9.72. The number of nitrogens with one attached hydrogen (secondary N) is 2. The van der Waals surface area contributed by atoms with Crippen LogP contribution in [0.2, 0.25) is 0 Å². The van der Waals surface area contributed by atoms with Crippen molar-refractivity contribution < 1.29 is 9.53 Å². The first kappa shape index (κ1) is 16.2. The second-order valence-corrected chi connectivity index (χ2v) is 4.44. The lowest BCUT2D eigenvalue weighted by Gasteiger charge is -2.19. The molecule has 0 saturated carbocycles. The molecule has 0 spiro atoms. The summed E-state index contributed by atoms with van der Waals surface area (Å²) in [5.41, 5.74) is 1.09. The normalized spacial score (nSPS) is 11.7. The number of carbonyl (C=O) groups is 1. The SMILES string of the molecule is C=CCNC(=O)COc1ccccc1C(CC)NCC. The Kier molecular flexibility index (Phi) is 7.43. The van der Waals surface area contributed by atoms with E-state index in [1.54, 1.807) is 6.08 Å². The number of para-hydroxylation sites is 1. The number of rotatable bonds is 9. The van der Waals surface area contributed by atoms with Gasteiger partial charge in [-0.1, -0.05) is 38.1 Å². The molecule has 1 atom stereocenters. The van der Waals surface area contributed by atoms with Gasteiger partial charge in [0.15, 0.2) is 6.61 Å². The minimum atomic E-state index is -0.142. The Bertz CT molecular complexity index is 432. The molecule has 0 radical (unpaired) electrons. The van der Waals surface area contributed by atoms with Crippen LogP contribution in [-0.2, 0) is 4.79 Å². The molecule has 1 amide bonds. The third kappa shape index (κ3) is 5.05. The van der Waals surface area contributed by atoms with Crippen LogP contribution in [0.5, 0.6) is 5.75 Å². The molecular weight excluding hydrogens is 252 g/mol. The molecule has 0 aliphatic rings. The third-order valence-corrected chi connectivity index (χ3v) is 2.96. The first-order valence-electron chi connectivity index (χ1n) is 7.05. The number of benzene rings is 1. The van der Waals surface area contributed by atoms with Crippen LogP contribution in [-0.4, -0.2) is 25.6 Å². The summed E-state index contributed by atoms with van der Waals surface area (Å²) in [6.45, 7) is 9.13. The molecule has 0 aliphatic heterocycles. The topological polar surface area (TPSA) is 50.4 Å². The van der Waals surface area contributed by atoms with Gasteiger partial charge in [-0.25, -0.2) is 0 Å². The Morgan fingerprint density at radius 2 is 2.15 bits per heavy atom. The molecule has 20 heavy (non-hydrogen) atoms. The molecule has 110 valence electrons. The minimum Gasteiger partial charge on any atom is -0.483 e. The smallest absolute Gasteiger partial charge is 0.258 e. The zero-order valence-corrected chi connectivity index (χ0v) is 12.3. The van der Waals surface area contributed by atoms with Crippen LogP contribution in [0.15, 0.2) is 36.9 Å². The van der Waals surface area contributed by atoms with Gasteiger partial charge in [0, 0.05) is 18.2 Å². The largest absolute Gasteiger partial charge is 0.483 e. The summed E-state index contributed by atoms with van der Waals surface area (Å²) in [7, 11) is 0. The molecule has 1 aromatic rings. The van der Waals surface area contributed by atoms with Gasteiger partial charge >= 0.3 is 0 Å². The maximum Gasteiger partial charge on any atom is 0.258 e. The van der Waals surface area contributed by atoms with E-state index < -0.39 is 0 Å². The Labute approximate surface area is 121 Å². The number of ether oxygens (including phenoxy) is 1. The highest BCUT2D eigenvalue weighted by atomic mass is 16.5. The van der Waals surface area contributed by atoms with Crippen LogP contribution in [0.4, 0.5) is 0 Å². The monoisotopic (exact) mass is 276 g/mol. The van der Waals surface area contributed by atoms with Gasteiger partial charge in [-0.3, -0.25) is 4.79 Å².